The zero-order chi connectivity index (χ0) is 14.7. The molecule has 1 aliphatic heterocycles. The van der Waals surface area contributed by atoms with Crippen molar-refractivity contribution in [2.24, 2.45) is 0 Å². The summed E-state index contributed by atoms with van der Waals surface area (Å²) in [5, 5.41) is 3.29. The average molecular weight is 282 g/mol. The third-order valence-corrected chi connectivity index (χ3v) is 3.71. The molecule has 1 amide bonds. The summed E-state index contributed by atoms with van der Waals surface area (Å²) in [6.07, 6.45) is 0. The van der Waals surface area contributed by atoms with Gasteiger partial charge in [-0.05, 0) is 29.8 Å². The normalized spacial score (nSPS) is 17.5. The van der Waals surface area contributed by atoms with Gasteiger partial charge in [-0.2, -0.15) is 0 Å². The van der Waals surface area contributed by atoms with Gasteiger partial charge in [0.1, 0.15) is 11.8 Å². The zero-order valence-electron chi connectivity index (χ0n) is 12.0. The number of methoxy groups -OCH3 is 1. The molecule has 1 saturated heterocycles. The van der Waals surface area contributed by atoms with Crippen molar-refractivity contribution in [2.45, 2.75) is 12.6 Å². The second-order valence-electron chi connectivity index (χ2n) is 5.07. The van der Waals surface area contributed by atoms with Crippen LogP contribution in [0.2, 0.25) is 0 Å². The van der Waals surface area contributed by atoms with E-state index in [-0.39, 0.29) is 11.9 Å². The summed E-state index contributed by atoms with van der Waals surface area (Å²) in [5.74, 6) is 0.918. The van der Waals surface area contributed by atoms with Gasteiger partial charge in [0.05, 0.1) is 13.7 Å². The molecule has 4 nitrogen and oxygen atoms in total. The van der Waals surface area contributed by atoms with E-state index in [9.17, 15) is 4.79 Å². The Labute approximate surface area is 124 Å². The Balaban J connectivity index is 1.55. The fourth-order valence-corrected chi connectivity index (χ4v) is 2.41. The van der Waals surface area contributed by atoms with Crippen molar-refractivity contribution in [1.29, 1.82) is 0 Å². The highest BCUT2D eigenvalue weighted by molar-refractivity contribution is 6.04. The van der Waals surface area contributed by atoms with Gasteiger partial charge in [-0.3, -0.25) is 4.79 Å². The molecule has 0 aliphatic carbocycles. The van der Waals surface area contributed by atoms with Crippen molar-refractivity contribution in [3.63, 3.8) is 0 Å². The molecule has 0 unspecified atom stereocenters. The number of hydrogen-bond donors (Lipinski definition) is 1. The van der Waals surface area contributed by atoms with Crippen molar-refractivity contribution in [1.82, 2.24) is 5.32 Å². The molecule has 2 aromatic carbocycles. The van der Waals surface area contributed by atoms with Crippen LogP contribution >= 0.6 is 0 Å². The molecule has 1 atom stereocenters. The van der Waals surface area contributed by atoms with Crippen molar-refractivity contribution in [2.75, 3.05) is 18.6 Å². The molecular formula is C17H18N2O2. The predicted molar refractivity (Wildman–Crippen MR) is 82.4 cm³/mol. The number of ether oxygens (including phenoxy) is 1. The van der Waals surface area contributed by atoms with Crippen LogP contribution in [0.15, 0.2) is 54.6 Å². The maximum absolute atomic E-state index is 12.2. The van der Waals surface area contributed by atoms with Crippen LogP contribution < -0.4 is 15.0 Å². The van der Waals surface area contributed by atoms with E-state index in [2.05, 4.69) is 17.4 Å². The standard InChI is InChI=1S/C17H18N2O2/c1-21-15-9-7-14(8-10-15)19-12-16(17(19)20)18-11-13-5-3-2-4-6-13/h2-10,16,18H,11-12H2,1H3/t16-/m1/s1. The van der Waals surface area contributed by atoms with Crippen LogP contribution in [-0.4, -0.2) is 25.6 Å². The highest BCUT2D eigenvalue weighted by Gasteiger charge is 2.36. The molecule has 0 bridgehead atoms. The van der Waals surface area contributed by atoms with Crippen LogP contribution in [0, 0.1) is 0 Å². The van der Waals surface area contributed by atoms with E-state index < -0.39 is 0 Å². The summed E-state index contributed by atoms with van der Waals surface area (Å²) < 4.78 is 5.12. The molecule has 1 aliphatic rings. The fourth-order valence-electron chi connectivity index (χ4n) is 2.41. The number of β-lactam (4-membered cyclic amide) rings is 1. The summed E-state index contributed by atoms with van der Waals surface area (Å²) in [6.45, 7) is 1.42. The molecule has 4 heteroatoms. The van der Waals surface area contributed by atoms with Crippen LogP contribution in [0.3, 0.4) is 0 Å². The first kappa shape index (κ1) is 13.6. The van der Waals surface area contributed by atoms with Gasteiger partial charge < -0.3 is 15.0 Å². The highest BCUT2D eigenvalue weighted by Crippen LogP contribution is 2.24. The molecule has 1 fully saturated rings. The third-order valence-electron chi connectivity index (χ3n) is 3.71. The van der Waals surface area contributed by atoms with Crippen LogP contribution in [0.4, 0.5) is 5.69 Å². The second kappa shape index (κ2) is 5.97. The smallest absolute Gasteiger partial charge is 0.246 e. The molecule has 0 radical (unpaired) electrons. The van der Waals surface area contributed by atoms with Gasteiger partial charge in [-0.1, -0.05) is 30.3 Å². The summed E-state index contributed by atoms with van der Waals surface area (Å²) in [4.78, 5) is 13.9. The molecule has 1 heterocycles. The monoisotopic (exact) mass is 282 g/mol. The first-order chi connectivity index (χ1) is 10.3. The van der Waals surface area contributed by atoms with E-state index >= 15 is 0 Å². The summed E-state index contributed by atoms with van der Waals surface area (Å²) in [7, 11) is 1.63. The Bertz CT molecular complexity index is 610. The number of nitrogens with zero attached hydrogens (tertiary/aromatic N) is 1. The van der Waals surface area contributed by atoms with E-state index in [4.69, 9.17) is 4.74 Å². The van der Waals surface area contributed by atoms with Crippen LogP contribution in [0.25, 0.3) is 0 Å². The number of anilines is 1. The number of benzene rings is 2. The van der Waals surface area contributed by atoms with Gasteiger partial charge in [0.15, 0.2) is 0 Å². The maximum Gasteiger partial charge on any atom is 0.246 e. The average Bonchev–Trinajstić information content (AvgIpc) is 2.55. The zero-order valence-corrected chi connectivity index (χ0v) is 12.0. The second-order valence-corrected chi connectivity index (χ2v) is 5.07. The molecule has 108 valence electrons. The lowest BCUT2D eigenvalue weighted by Gasteiger charge is -2.39. The van der Waals surface area contributed by atoms with Gasteiger partial charge in [-0.15, -0.1) is 0 Å². The lowest BCUT2D eigenvalue weighted by atomic mass is 10.1. The van der Waals surface area contributed by atoms with E-state index in [1.807, 2.05) is 42.5 Å². The van der Waals surface area contributed by atoms with E-state index in [1.54, 1.807) is 12.0 Å². The van der Waals surface area contributed by atoms with Crippen molar-refractivity contribution >= 4 is 11.6 Å². The van der Waals surface area contributed by atoms with Crippen LogP contribution in [0.1, 0.15) is 5.56 Å². The number of rotatable bonds is 5. The lowest BCUT2D eigenvalue weighted by Crippen LogP contribution is -2.62. The van der Waals surface area contributed by atoms with E-state index in [0.717, 1.165) is 11.4 Å². The molecule has 3 rings (SSSR count). The van der Waals surface area contributed by atoms with Gasteiger partial charge in [0.25, 0.3) is 0 Å². The number of hydrogen-bond acceptors (Lipinski definition) is 3. The maximum atomic E-state index is 12.2. The predicted octanol–water partition coefficient (Wildman–Crippen LogP) is 2.20. The van der Waals surface area contributed by atoms with E-state index in [1.165, 1.54) is 5.56 Å². The highest BCUT2D eigenvalue weighted by atomic mass is 16.5. The molecule has 1 N–H and O–H groups in total. The van der Waals surface area contributed by atoms with Gasteiger partial charge in [0, 0.05) is 12.2 Å². The summed E-state index contributed by atoms with van der Waals surface area (Å²) in [5.41, 5.74) is 2.10. The minimum atomic E-state index is -0.0905. The molecular weight excluding hydrogens is 264 g/mol. The Hall–Kier alpha value is -2.33. The Morgan fingerprint density at radius 1 is 1.14 bits per heavy atom. The van der Waals surface area contributed by atoms with Crippen molar-refractivity contribution in [3.8, 4) is 5.75 Å². The van der Waals surface area contributed by atoms with E-state index in [0.29, 0.717) is 13.1 Å². The van der Waals surface area contributed by atoms with Gasteiger partial charge >= 0.3 is 0 Å². The molecule has 0 saturated carbocycles. The molecule has 0 spiro atoms. The quantitative estimate of drug-likeness (QED) is 0.855. The Morgan fingerprint density at radius 2 is 1.86 bits per heavy atom. The first-order valence-corrected chi connectivity index (χ1v) is 7.00. The molecule has 21 heavy (non-hydrogen) atoms. The Kier molecular flexibility index (Phi) is 3.88. The first-order valence-electron chi connectivity index (χ1n) is 7.00. The fraction of sp³-hybridized carbons (Fsp3) is 0.235. The number of carbonyl (C=O) groups excluding carboxylic acids is 1. The minimum absolute atomic E-state index is 0.0905. The summed E-state index contributed by atoms with van der Waals surface area (Å²) >= 11 is 0. The topological polar surface area (TPSA) is 41.6 Å². The lowest BCUT2D eigenvalue weighted by molar-refractivity contribution is -0.124. The van der Waals surface area contributed by atoms with Crippen molar-refractivity contribution < 1.29 is 9.53 Å². The molecule has 0 aromatic heterocycles. The third kappa shape index (κ3) is 2.90. The summed E-state index contributed by atoms with van der Waals surface area (Å²) in [6, 6.07) is 17.6. The number of nitrogens with one attached hydrogen (secondary N) is 1. The molecule has 2 aromatic rings. The minimum Gasteiger partial charge on any atom is -0.497 e. The van der Waals surface area contributed by atoms with Crippen LogP contribution in [-0.2, 0) is 11.3 Å². The largest absolute Gasteiger partial charge is 0.497 e. The van der Waals surface area contributed by atoms with Gasteiger partial charge in [-0.25, -0.2) is 0 Å². The van der Waals surface area contributed by atoms with Crippen LogP contribution in [0.5, 0.6) is 5.75 Å². The van der Waals surface area contributed by atoms with Crippen molar-refractivity contribution in [3.05, 3.63) is 60.2 Å². The van der Waals surface area contributed by atoms with Gasteiger partial charge in [0.2, 0.25) is 5.91 Å². The Morgan fingerprint density at radius 3 is 2.48 bits per heavy atom. The number of amides is 1. The number of carbonyl (C=O) groups is 1. The SMILES string of the molecule is COc1ccc(N2C[C@@H](NCc3ccccc3)C2=O)cc1.